The van der Waals surface area contributed by atoms with Gasteiger partial charge in [-0.2, -0.15) is 0 Å². The van der Waals surface area contributed by atoms with Crippen LogP contribution in [0, 0.1) is 0 Å². The first-order valence-electron chi connectivity index (χ1n) is 5.22. The Kier molecular flexibility index (Phi) is 2.90. The Morgan fingerprint density at radius 1 is 1.47 bits per heavy atom. The van der Waals surface area contributed by atoms with Crippen LogP contribution in [-0.4, -0.2) is 12.8 Å². The van der Waals surface area contributed by atoms with E-state index in [2.05, 4.69) is 6.07 Å². The Bertz CT molecular complexity index is 360. The third kappa shape index (κ3) is 2.12. The molecule has 0 saturated carbocycles. The quantitative estimate of drug-likeness (QED) is 0.698. The van der Waals surface area contributed by atoms with Crippen LogP contribution in [0.1, 0.15) is 30.6 Å². The molecule has 0 aromatic heterocycles. The second-order valence-corrected chi connectivity index (χ2v) is 3.53. The number of carbonyl (C=O) groups is 1. The molecule has 3 heteroatoms. The molecule has 0 spiro atoms. The van der Waals surface area contributed by atoms with Crippen LogP contribution in [0.3, 0.4) is 0 Å². The standard InChI is InChI=1S/C12H14O3/c1-2-14-12(13)15-11-8-7-9-5-3-4-6-10(9)11/h3-6,11H,2,7-8H2,1H3/t11-/m0/s1. The van der Waals surface area contributed by atoms with E-state index < -0.39 is 6.16 Å². The van der Waals surface area contributed by atoms with Crippen molar-refractivity contribution in [2.75, 3.05) is 6.61 Å². The number of hydrogen-bond donors (Lipinski definition) is 0. The molecule has 1 aromatic carbocycles. The Labute approximate surface area is 89.0 Å². The van der Waals surface area contributed by atoms with Gasteiger partial charge in [-0.25, -0.2) is 4.79 Å². The zero-order valence-corrected chi connectivity index (χ0v) is 8.73. The highest BCUT2D eigenvalue weighted by Crippen LogP contribution is 2.33. The summed E-state index contributed by atoms with van der Waals surface area (Å²) in [5.41, 5.74) is 2.39. The van der Waals surface area contributed by atoms with Crippen LogP contribution >= 0.6 is 0 Å². The normalized spacial score (nSPS) is 18.3. The minimum absolute atomic E-state index is 0.125. The van der Waals surface area contributed by atoms with Crippen LogP contribution in [0.15, 0.2) is 24.3 Å². The zero-order valence-electron chi connectivity index (χ0n) is 8.73. The van der Waals surface area contributed by atoms with Crippen LogP contribution in [0.5, 0.6) is 0 Å². The van der Waals surface area contributed by atoms with Gasteiger partial charge in [0, 0.05) is 0 Å². The zero-order chi connectivity index (χ0) is 10.7. The fourth-order valence-corrected chi connectivity index (χ4v) is 1.91. The smallest absolute Gasteiger partial charge is 0.435 e. The van der Waals surface area contributed by atoms with Crippen molar-refractivity contribution < 1.29 is 14.3 Å². The maximum atomic E-state index is 11.2. The summed E-state index contributed by atoms with van der Waals surface area (Å²) >= 11 is 0. The number of hydrogen-bond acceptors (Lipinski definition) is 3. The van der Waals surface area contributed by atoms with E-state index in [4.69, 9.17) is 9.47 Å². The lowest BCUT2D eigenvalue weighted by Gasteiger charge is -2.12. The van der Waals surface area contributed by atoms with Gasteiger partial charge in [-0.15, -0.1) is 0 Å². The average molecular weight is 206 g/mol. The van der Waals surface area contributed by atoms with E-state index in [0.717, 1.165) is 18.4 Å². The molecule has 0 unspecified atom stereocenters. The molecule has 1 atom stereocenters. The molecule has 0 N–H and O–H groups in total. The van der Waals surface area contributed by atoms with E-state index in [1.54, 1.807) is 6.92 Å². The fourth-order valence-electron chi connectivity index (χ4n) is 1.91. The van der Waals surface area contributed by atoms with Crippen LogP contribution < -0.4 is 0 Å². The van der Waals surface area contributed by atoms with Gasteiger partial charge in [0.05, 0.1) is 6.61 Å². The summed E-state index contributed by atoms with van der Waals surface area (Å²) in [6.45, 7) is 2.12. The number of aryl methyl sites for hydroxylation is 1. The maximum Gasteiger partial charge on any atom is 0.508 e. The number of rotatable bonds is 2. The van der Waals surface area contributed by atoms with Crippen LogP contribution in [0.2, 0.25) is 0 Å². The lowest BCUT2D eigenvalue weighted by molar-refractivity contribution is 0.0262. The van der Waals surface area contributed by atoms with Gasteiger partial charge >= 0.3 is 6.16 Å². The largest absolute Gasteiger partial charge is 0.508 e. The predicted molar refractivity (Wildman–Crippen MR) is 55.6 cm³/mol. The third-order valence-corrected chi connectivity index (χ3v) is 2.58. The van der Waals surface area contributed by atoms with Crippen LogP contribution in [0.4, 0.5) is 4.79 Å². The summed E-state index contributed by atoms with van der Waals surface area (Å²) < 4.78 is 9.97. The monoisotopic (exact) mass is 206 g/mol. The second kappa shape index (κ2) is 4.34. The Morgan fingerprint density at radius 3 is 3.07 bits per heavy atom. The molecule has 1 aromatic rings. The van der Waals surface area contributed by atoms with Crippen molar-refractivity contribution in [2.45, 2.75) is 25.9 Å². The molecular formula is C12H14O3. The van der Waals surface area contributed by atoms with Crippen molar-refractivity contribution in [2.24, 2.45) is 0 Å². The minimum Gasteiger partial charge on any atom is -0.435 e. The molecule has 0 radical (unpaired) electrons. The van der Waals surface area contributed by atoms with Gasteiger partial charge in [0.2, 0.25) is 0 Å². The van der Waals surface area contributed by atoms with E-state index in [9.17, 15) is 4.79 Å². The van der Waals surface area contributed by atoms with Gasteiger partial charge in [0.25, 0.3) is 0 Å². The Hall–Kier alpha value is -1.51. The summed E-state index contributed by atoms with van der Waals surface area (Å²) in [6, 6.07) is 8.05. The lowest BCUT2D eigenvalue weighted by atomic mass is 10.1. The first-order chi connectivity index (χ1) is 7.31. The Balaban J connectivity index is 2.04. The molecule has 15 heavy (non-hydrogen) atoms. The van der Waals surface area contributed by atoms with Crippen molar-refractivity contribution in [1.82, 2.24) is 0 Å². The van der Waals surface area contributed by atoms with Gasteiger partial charge in [-0.3, -0.25) is 0 Å². The van der Waals surface area contributed by atoms with Crippen molar-refractivity contribution in [3.63, 3.8) is 0 Å². The molecule has 0 aliphatic heterocycles. The van der Waals surface area contributed by atoms with Gasteiger partial charge < -0.3 is 9.47 Å². The average Bonchev–Trinajstić information content (AvgIpc) is 2.62. The van der Waals surface area contributed by atoms with E-state index in [0.29, 0.717) is 6.61 Å². The molecule has 0 saturated heterocycles. The number of benzene rings is 1. The second-order valence-electron chi connectivity index (χ2n) is 3.53. The van der Waals surface area contributed by atoms with Crippen LogP contribution in [-0.2, 0) is 15.9 Å². The first kappa shape index (κ1) is 10.0. The molecule has 3 nitrogen and oxygen atoms in total. The van der Waals surface area contributed by atoms with Crippen molar-refractivity contribution in [3.05, 3.63) is 35.4 Å². The SMILES string of the molecule is CCOC(=O)O[C@H]1CCc2ccccc21. The topological polar surface area (TPSA) is 35.5 Å². The summed E-state index contributed by atoms with van der Waals surface area (Å²) in [7, 11) is 0. The van der Waals surface area contributed by atoms with E-state index >= 15 is 0 Å². The predicted octanol–water partition coefficient (Wildman–Crippen LogP) is 2.85. The van der Waals surface area contributed by atoms with Crippen molar-refractivity contribution in [3.8, 4) is 0 Å². The number of ether oxygens (including phenoxy) is 2. The lowest BCUT2D eigenvalue weighted by Crippen LogP contribution is -2.10. The summed E-state index contributed by atoms with van der Waals surface area (Å²) in [5.74, 6) is 0. The highest BCUT2D eigenvalue weighted by molar-refractivity contribution is 5.60. The number of carbonyl (C=O) groups excluding carboxylic acids is 1. The van der Waals surface area contributed by atoms with E-state index in [1.165, 1.54) is 5.56 Å². The maximum absolute atomic E-state index is 11.2. The molecular weight excluding hydrogens is 192 g/mol. The van der Waals surface area contributed by atoms with Gasteiger partial charge in [0.1, 0.15) is 6.10 Å². The van der Waals surface area contributed by atoms with Gasteiger partial charge in [0.15, 0.2) is 0 Å². The van der Waals surface area contributed by atoms with E-state index in [1.807, 2.05) is 18.2 Å². The highest BCUT2D eigenvalue weighted by Gasteiger charge is 2.25. The summed E-state index contributed by atoms with van der Waals surface area (Å²) in [5, 5.41) is 0. The molecule has 0 bridgehead atoms. The molecule has 2 rings (SSSR count). The fraction of sp³-hybridized carbons (Fsp3) is 0.417. The molecule has 1 aliphatic rings. The van der Waals surface area contributed by atoms with Gasteiger partial charge in [-0.05, 0) is 30.9 Å². The van der Waals surface area contributed by atoms with Crippen LogP contribution in [0.25, 0.3) is 0 Å². The Morgan fingerprint density at radius 2 is 2.27 bits per heavy atom. The molecule has 1 aliphatic carbocycles. The highest BCUT2D eigenvalue weighted by atomic mass is 16.7. The summed E-state index contributed by atoms with van der Waals surface area (Å²) in [4.78, 5) is 11.2. The first-order valence-corrected chi connectivity index (χ1v) is 5.22. The van der Waals surface area contributed by atoms with Gasteiger partial charge in [-0.1, -0.05) is 24.3 Å². The molecule has 0 fully saturated rings. The number of fused-ring (bicyclic) bond motifs is 1. The minimum atomic E-state index is -0.570. The molecule has 0 heterocycles. The van der Waals surface area contributed by atoms with Crippen molar-refractivity contribution in [1.29, 1.82) is 0 Å². The molecule has 0 amide bonds. The molecule has 80 valence electrons. The van der Waals surface area contributed by atoms with E-state index in [-0.39, 0.29) is 6.10 Å². The summed E-state index contributed by atoms with van der Waals surface area (Å²) in [6.07, 6.45) is 1.14. The third-order valence-electron chi connectivity index (χ3n) is 2.58. The van der Waals surface area contributed by atoms with Crippen molar-refractivity contribution >= 4 is 6.16 Å².